The molecule has 1 saturated heterocycles. The van der Waals surface area contributed by atoms with Crippen LogP contribution >= 0.6 is 0 Å². The Labute approximate surface area is 164 Å². The predicted molar refractivity (Wildman–Crippen MR) is 104 cm³/mol. The van der Waals surface area contributed by atoms with Gasteiger partial charge < -0.3 is 14.6 Å². The Morgan fingerprint density at radius 3 is 2.57 bits per heavy atom. The van der Waals surface area contributed by atoms with Crippen LogP contribution in [0.2, 0.25) is 0 Å². The zero-order valence-electron chi connectivity index (χ0n) is 16.1. The number of carbonyl (C=O) groups excluding carboxylic acids is 2. The molecule has 2 amide bonds. The van der Waals surface area contributed by atoms with E-state index in [1.165, 1.54) is 6.07 Å². The van der Waals surface area contributed by atoms with Crippen LogP contribution in [0.5, 0.6) is 0 Å². The Morgan fingerprint density at radius 1 is 1.11 bits per heavy atom. The largest absolute Gasteiger partial charge is 0.461 e. The van der Waals surface area contributed by atoms with Gasteiger partial charge in [-0.25, -0.2) is 4.39 Å². The third kappa shape index (κ3) is 5.19. The fourth-order valence-electron chi connectivity index (χ4n) is 3.32. The summed E-state index contributed by atoms with van der Waals surface area (Å²) in [6.45, 7) is 5.53. The standard InChI is InChI=1S/C21H26FN3O3/c1-2-23-20(26)15-24-11-13-25(14-12-24)21(27)10-8-16-7-9-19(28-16)17-5-3-4-6-18(17)22/h3-7,9H,2,8,10-15H2,1H3,(H,23,26). The molecule has 1 aromatic carbocycles. The average Bonchev–Trinajstić information content (AvgIpc) is 3.16. The third-order valence-electron chi connectivity index (χ3n) is 4.85. The summed E-state index contributed by atoms with van der Waals surface area (Å²) in [5.41, 5.74) is 0.420. The van der Waals surface area contributed by atoms with Crippen molar-refractivity contribution in [1.82, 2.24) is 15.1 Å². The molecule has 1 aromatic heterocycles. The van der Waals surface area contributed by atoms with Gasteiger partial charge in [-0.05, 0) is 31.2 Å². The minimum absolute atomic E-state index is 0.0192. The Bertz CT molecular complexity index is 813. The molecule has 1 fully saturated rings. The van der Waals surface area contributed by atoms with Crippen molar-refractivity contribution in [3.63, 3.8) is 0 Å². The van der Waals surface area contributed by atoms with Gasteiger partial charge in [-0.1, -0.05) is 12.1 Å². The van der Waals surface area contributed by atoms with E-state index in [1.54, 1.807) is 30.3 Å². The van der Waals surface area contributed by atoms with E-state index >= 15 is 0 Å². The summed E-state index contributed by atoms with van der Waals surface area (Å²) in [6.07, 6.45) is 0.826. The van der Waals surface area contributed by atoms with Crippen LogP contribution < -0.4 is 5.32 Å². The number of amides is 2. The van der Waals surface area contributed by atoms with Gasteiger partial charge in [-0.3, -0.25) is 14.5 Å². The van der Waals surface area contributed by atoms with Gasteiger partial charge in [0.05, 0.1) is 12.1 Å². The first-order chi connectivity index (χ1) is 13.6. The SMILES string of the molecule is CCNC(=O)CN1CCN(C(=O)CCc2ccc(-c3ccccc3F)o2)CC1. The van der Waals surface area contributed by atoms with Crippen molar-refractivity contribution in [1.29, 1.82) is 0 Å². The van der Waals surface area contributed by atoms with Gasteiger partial charge in [0.1, 0.15) is 17.3 Å². The lowest BCUT2D eigenvalue weighted by molar-refractivity contribution is -0.133. The third-order valence-corrected chi connectivity index (χ3v) is 4.85. The van der Waals surface area contributed by atoms with Crippen LogP contribution in [0.4, 0.5) is 4.39 Å². The van der Waals surface area contributed by atoms with Gasteiger partial charge in [0.25, 0.3) is 0 Å². The maximum Gasteiger partial charge on any atom is 0.234 e. The smallest absolute Gasteiger partial charge is 0.234 e. The van der Waals surface area contributed by atoms with Gasteiger partial charge in [0.15, 0.2) is 0 Å². The summed E-state index contributed by atoms with van der Waals surface area (Å²) in [4.78, 5) is 28.0. The summed E-state index contributed by atoms with van der Waals surface area (Å²) < 4.78 is 19.6. The Morgan fingerprint density at radius 2 is 1.86 bits per heavy atom. The molecule has 0 unspecified atom stereocenters. The lowest BCUT2D eigenvalue weighted by Crippen LogP contribution is -2.51. The number of benzene rings is 1. The summed E-state index contributed by atoms with van der Waals surface area (Å²) in [5.74, 6) is 0.901. The van der Waals surface area contributed by atoms with E-state index in [4.69, 9.17) is 4.42 Å². The average molecular weight is 387 g/mol. The minimum Gasteiger partial charge on any atom is -0.461 e. The number of likely N-dealkylation sites (N-methyl/N-ethyl adjacent to an activating group) is 1. The number of piperazine rings is 1. The van der Waals surface area contributed by atoms with Crippen LogP contribution in [0, 0.1) is 5.82 Å². The number of carbonyl (C=O) groups is 2. The van der Waals surface area contributed by atoms with Gasteiger partial charge in [-0.2, -0.15) is 0 Å². The quantitative estimate of drug-likeness (QED) is 0.792. The highest BCUT2D eigenvalue weighted by molar-refractivity contribution is 5.78. The number of nitrogens with one attached hydrogen (secondary N) is 1. The second kappa shape index (κ2) is 9.50. The number of rotatable bonds is 7. The van der Waals surface area contributed by atoms with Crippen LogP contribution in [0.1, 0.15) is 19.1 Å². The van der Waals surface area contributed by atoms with Crippen LogP contribution in [-0.2, 0) is 16.0 Å². The van der Waals surface area contributed by atoms with E-state index in [0.717, 1.165) is 0 Å². The second-order valence-corrected chi connectivity index (χ2v) is 6.86. The molecule has 0 bridgehead atoms. The van der Waals surface area contributed by atoms with E-state index in [2.05, 4.69) is 10.2 Å². The maximum absolute atomic E-state index is 13.8. The lowest BCUT2D eigenvalue weighted by Gasteiger charge is -2.34. The molecule has 2 heterocycles. The van der Waals surface area contributed by atoms with Crippen LogP contribution in [0.15, 0.2) is 40.8 Å². The zero-order valence-corrected chi connectivity index (χ0v) is 16.1. The van der Waals surface area contributed by atoms with Crippen LogP contribution in [0.25, 0.3) is 11.3 Å². The van der Waals surface area contributed by atoms with E-state index in [1.807, 2.05) is 11.8 Å². The lowest BCUT2D eigenvalue weighted by atomic mass is 10.1. The topological polar surface area (TPSA) is 65.8 Å². The number of furan rings is 1. The first-order valence-electron chi connectivity index (χ1n) is 9.67. The van der Waals surface area contributed by atoms with E-state index < -0.39 is 0 Å². The molecule has 0 spiro atoms. The fourth-order valence-corrected chi connectivity index (χ4v) is 3.32. The van der Waals surface area contributed by atoms with Crippen molar-refractivity contribution in [2.24, 2.45) is 0 Å². The number of nitrogens with zero attached hydrogens (tertiary/aromatic N) is 2. The first kappa shape index (κ1) is 20.1. The molecule has 1 aliphatic heterocycles. The number of hydrogen-bond acceptors (Lipinski definition) is 4. The summed E-state index contributed by atoms with van der Waals surface area (Å²) in [7, 11) is 0. The van der Waals surface area contributed by atoms with E-state index in [0.29, 0.717) is 69.2 Å². The van der Waals surface area contributed by atoms with E-state index in [9.17, 15) is 14.0 Å². The van der Waals surface area contributed by atoms with Crippen LogP contribution in [0.3, 0.4) is 0 Å². The molecule has 7 heteroatoms. The summed E-state index contributed by atoms with van der Waals surface area (Å²) in [6, 6.07) is 9.99. The second-order valence-electron chi connectivity index (χ2n) is 6.86. The van der Waals surface area contributed by atoms with Gasteiger partial charge in [0, 0.05) is 45.6 Å². The van der Waals surface area contributed by atoms with Gasteiger partial charge in [0.2, 0.25) is 11.8 Å². The molecule has 1 aliphatic rings. The highest BCUT2D eigenvalue weighted by Crippen LogP contribution is 2.25. The molecule has 0 radical (unpaired) electrons. The summed E-state index contributed by atoms with van der Waals surface area (Å²) in [5, 5.41) is 2.79. The van der Waals surface area contributed by atoms with Crippen molar-refractivity contribution < 1.29 is 18.4 Å². The molecule has 0 saturated carbocycles. The predicted octanol–water partition coefficient (Wildman–Crippen LogP) is 2.30. The molecule has 6 nitrogen and oxygen atoms in total. The molecular weight excluding hydrogens is 361 g/mol. The first-order valence-corrected chi connectivity index (χ1v) is 9.67. The highest BCUT2D eigenvalue weighted by Gasteiger charge is 2.22. The molecular formula is C21H26FN3O3. The van der Waals surface area contributed by atoms with Crippen molar-refractivity contribution in [2.75, 3.05) is 39.3 Å². The Kier molecular flexibility index (Phi) is 6.81. The Balaban J connectivity index is 1.45. The maximum atomic E-state index is 13.8. The van der Waals surface area contributed by atoms with Crippen LogP contribution in [-0.4, -0.2) is 60.9 Å². The van der Waals surface area contributed by atoms with Crippen molar-refractivity contribution in [3.05, 3.63) is 48.0 Å². The molecule has 150 valence electrons. The zero-order chi connectivity index (χ0) is 19.9. The molecule has 3 rings (SSSR count). The van der Waals surface area contributed by atoms with Gasteiger partial charge in [-0.15, -0.1) is 0 Å². The van der Waals surface area contributed by atoms with Gasteiger partial charge >= 0.3 is 0 Å². The number of aryl methyl sites for hydroxylation is 1. The fraction of sp³-hybridized carbons (Fsp3) is 0.429. The number of hydrogen-bond donors (Lipinski definition) is 1. The number of halogens is 1. The molecule has 28 heavy (non-hydrogen) atoms. The normalized spacial score (nSPS) is 14.9. The van der Waals surface area contributed by atoms with Crippen molar-refractivity contribution in [3.8, 4) is 11.3 Å². The minimum atomic E-state index is -0.329. The monoisotopic (exact) mass is 387 g/mol. The molecule has 0 atom stereocenters. The molecule has 1 N–H and O–H groups in total. The van der Waals surface area contributed by atoms with Crippen molar-refractivity contribution >= 4 is 11.8 Å². The van der Waals surface area contributed by atoms with Crippen molar-refractivity contribution in [2.45, 2.75) is 19.8 Å². The highest BCUT2D eigenvalue weighted by atomic mass is 19.1. The molecule has 2 aromatic rings. The van der Waals surface area contributed by atoms with E-state index in [-0.39, 0.29) is 17.6 Å². The Hall–Kier alpha value is -2.67. The molecule has 0 aliphatic carbocycles. The summed E-state index contributed by atoms with van der Waals surface area (Å²) >= 11 is 0.